The highest BCUT2D eigenvalue weighted by Crippen LogP contribution is 2.27. The second kappa shape index (κ2) is 9.69. The first kappa shape index (κ1) is 18.8. The second-order valence-electron chi connectivity index (χ2n) is 4.58. The maximum absolute atomic E-state index is 11.8. The summed E-state index contributed by atoms with van der Waals surface area (Å²) in [5.74, 6) is 0.0481. The Labute approximate surface area is 143 Å². The third kappa shape index (κ3) is 6.66. The summed E-state index contributed by atoms with van der Waals surface area (Å²) in [6, 6.07) is 5.34. The van der Waals surface area contributed by atoms with Crippen LogP contribution in [-0.4, -0.2) is 43.6 Å². The number of hydrogen-bond acceptors (Lipinski definition) is 4. The van der Waals surface area contributed by atoms with Crippen molar-refractivity contribution in [2.24, 2.45) is 0 Å². The molecule has 1 rings (SSSR count). The molecule has 0 saturated carbocycles. The molecule has 0 heterocycles. The van der Waals surface area contributed by atoms with E-state index in [9.17, 15) is 9.59 Å². The highest BCUT2D eigenvalue weighted by Gasteiger charge is 2.13. The van der Waals surface area contributed by atoms with E-state index in [4.69, 9.17) is 21.1 Å². The molecule has 0 radical (unpaired) electrons. The number of nitrogens with zero attached hydrogens (tertiary/aromatic N) is 1. The Hall–Kier alpha value is -1.27. The van der Waals surface area contributed by atoms with Crippen molar-refractivity contribution in [1.82, 2.24) is 4.90 Å². The molecule has 7 heteroatoms. The van der Waals surface area contributed by atoms with Crippen molar-refractivity contribution in [2.45, 2.75) is 19.8 Å². The van der Waals surface area contributed by atoms with Crippen LogP contribution >= 0.6 is 27.5 Å². The molecular weight excluding hydrogens is 374 g/mol. The minimum Gasteiger partial charge on any atom is -0.492 e. The molecule has 0 spiro atoms. The Morgan fingerprint density at radius 1 is 1.36 bits per heavy atom. The summed E-state index contributed by atoms with van der Waals surface area (Å²) in [6.45, 7) is 2.37. The number of likely N-dealkylation sites (N-methyl/N-ethyl adjacent to an activating group) is 1. The van der Waals surface area contributed by atoms with Gasteiger partial charge in [-0.25, -0.2) is 0 Å². The third-order valence-electron chi connectivity index (χ3n) is 2.78. The monoisotopic (exact) mass is 391 g/mol. The topological polar surface area (TPSA) is 55.8 Å². The quantitative estimate of drug-likeness (QED) is 0.503. The Kier molecular flexibility index (Phi) is 8.27. The number of amides is 1. The molecule has 0 N–H and O–H groups in total. The number of esters is 1. The zero-order valence-corrected chi connectivity index (χ0v) is 14.9. The van der Waals surface area contributed by atoms with E-state index in [2.05, 4.69) is 15.9 Å². The first-order valence-electron chi connectivity index (χ1n) is 6.91. The lowest BCUT2D eigenvalue weighted by Gasteiger charge is -2.16. The van der Waals surface area contributed by atoms with Gasteiger partial charge in [0.05, 0.1) is 18.2 Å². The molecule has 1 amide bonds. The Bertz CT molecular complexity index is 524. The van der Waals surface area contributed by atoms with Gasteiger partial charge in [-0.2, -0.15) is 0 Å². The summed E-state index contributed by atoms with van der Waals surface area (Å²) < 4.78 is 11.2. The van der Waals surface area contributed by atoms with Gasteiger partial charge in [0, 0.05) is 17.9 Å². The zero-order chi connectivity index (χ0) is 16.5. The summed E-state index contributed by atoms with van der Waals surface area (Å²) in [4.78, 5) is 24.5. The highest BCUT2D eigenvalue weighted by molar-refractivity contribution is 9.10. The van der Waals surface area contributed by atoms with Gasteiger partial charge in [0.2, 0.25) is 5.91 Å². The van der Waals surface area contributed by atoms with E-state index in [1.807, 2.05) is 6.07 Å². The van der Waals surface area contributed by atoms with Crippen LogP contribution < -0.4 is 4.74 Å². The minimum absolute atomic E-state index is 0.0356. The number of benzene rings is 1. The van der Waals surface area contributed by atoms with E-state index in [1.165, 1.54) is 4.90 Å². The van der Waals surface area contributed by atoms with E-state index in [0.29, 0.717) is 36.8 Å². The Morgan fingerprint density at radius 3 is 2.73 bits per heavy atom. The predicted molar refractivity (Wildman–Crippen MR) is 88.2 cm³/mol. The van der Waals surface area contributed by atoms with Gasteiger partial charge in [-0.15, -0.1) is 0 Å². The van der Waals surface area contributed by atoms with Crippen LogP contribution in [0.4, 0.5) is 0 Å². The second-order valence-corrected chi connectivity index (χ2v) is 5.90. The van der Waals surface area contributed by atoms with Gasteiger partial charge in [0.1, 0.15) is 12.3 Å². The number of rotatable bonds is 8. The van der Waals surface area contributed by atoms with Crippen molar-refractivity contribution in [3.63, 3.8) is 0 Å². The van der Waals surface area contributed by atoms with Crippen LogP contribution in [0, 0.1) is 0 Å². The number of ether oxygens (including phenoxy) is 2. The molecule has 1 aromatic carbocycles. The molecule has 5 nitrogen and oxygen atoms in total. The lowest BCUT2D eigenvalue weighted by molar-refractivity contribution is -0.148. The van der Waals surface area contributed by atoms with E-state index >= 15 is 0 Å². The van der Waals surface area contributed by atoms with Crippen molar-refractivity contribution >= 4 is 39.4 Å². The molecular formula is C15H19BrClNO4. The van der Waals surface area contributed by atoms with Crippen molar-refractivity contribution in [2.75, 3.05) is 26.8 Å². The van der Waals surface area contributed by atoms with Crippen LogP contribution in [0.2, 0.25) is 5.02 Å². The molecule has 22 heavy (non-hydrogen) atoms. The van der Waals surface area contributed by atoms with E-state index in [1.54, 1.807) is 26.1 Å². The van der Waals surface area contributed by atoms with Gasteiger partial charge < -0.3 is 14.4 Å². The highest BCUT2D eigenvalue weighted by atomic mass is 79.9. The predicted octanol–water partition coefficient (Wildman–Crippen LogP) is 3.28. The standard InChI is InChI=1S/C15H19BrClNO4/c1-3-21-15(20)10-18(2)14(19)5-4-8-22-13-7-6-11(16)9-12(13)17/h6-7,9H,3-5,8,10H2,1-2H3. The molecule has 0 aromatic heterocycles. The molecule has 0 aliphatic heterocycles. The van der Waals surface area contributed by atoms with Crippen LogP contribution in [0.3, 0.4) is 0 Å². The number of carbonyl (C=O) groups is 2. The molecule has 0 fully saturated rings. The SMILES string of the molecule is CCOC(=O)CN(C)C(=O)CCCOc1ccc(Br)cc1Cl. The fourth-order valence-corrected chi connectivity index (χ4v) is 2.41. The molecule has 1 aromatic rings. The maximum Gasteiger partial charge on any atom is 0.325 e. The molecule has 0 saturated heterocycles. The molecule has 0 bridgehead atoms. The van der Waals surface area contributed by atoms with Gasteiger partial charge in [-0.3, -0.25) is 9.59 Å². The van der Waals surface area contributed by atoms with Gasteiger partial charge in [-0.1, -0.05) is 27.5 Å². The summed E-state index contributed by atoms with van der Waals surface area (Å²) in [5, 5.41) is 0.514. The van der Waals surface area contributed by atoms with E-state index in [-0.39, 0.29) is 12.5 Å². The largest absolute Gasteiger partial charge is 0.492 e. The zero-order valence-electron chi connectivity index (χ0n) is 12.6. The Balaban J connectivity index is 2.28. The first-order valence-corrected chi connectivity index (χ1v) is 8.08. The van der Waals surface area contributed by atoms with Crippen molar-refractivity contribution < 1.29 is 19.1 Å². The average molecular weight is 393 g/mol. The van der Waals surface area contributed by atoms with Gasteiger partial charge in [0.15, 0.2) is 0 Å². The summed E-state index contributed by atoms with van der Waals surface area (Å²) in [6.07, 6.45) is 0.836. The third-order valence-corrected chi connectivity index (χ3v) is 3.57. The normalized spacial score (nSPS) is 10.2. The lowest BCUT2D eigenvalue weighted by Crippen LogP contribution is -2.33. The van der Waals surface area contributed by atoms with Crippen molar-refractivity contribution in [3.05, 3.63) is 27.7 Å². The lowest BCUT2D eigenvalue weighted by atomic mass is 10.3. The van der Waals surface area contributed by atoms with Crippen LogP contribution in [0.15, 0.2) is 22.7 Å². The number of halogens is 2. The fourth-order valence-electron chi connectivity index (χ4n) is 1.68. The van der Waals surface area contributed by atoms with Crippen LogP contribution in [0.5, 0.6) is 5.75 Å². The van der Waals surface area contributed by atoms with E-state index in [0.717, 1.165) is 4.47 Å². The molecule has 0 aliphatic carbocycles. The van der Waals surface area contributed by atoms with Crippen molar-refractivity contribution in [3.8, 4) is 5.75 Å². The smallest absolute Gasteiger partial charge is 0.325 e. The van der Waals surface area contributed by atoms with Crippen molar-refractivity contribution in [1.29, 1.82) is 0 Å². The van der Waals surface area contributed by atoms with Gasteiger partial charge >= 0.3 is 5.97 Å². The van der Waals surface area contributed by atoms with Gasteiger partial charge in [-0.05, 0) is 31.5 Å². The molecule has 0 aliphatic rings. The average Bonchev–Trinajstić information content (AvgIpc) is 2.45. The van der Waals surface area contributed by atoms with Gasteiger partial charge in [0.25, 0.3) is 0 Å². The summed E-state index contributed by atoms with van der Waals surface area (Å²) in [7, 11) is 1.58. The van der Waals surface area contributed by atoms with Crippen LogP contribution in [0.1, 0.15) is 19.8 Å². The minimum atomic E-state index is -0.406. The molecule has 0 unspecified atom stereocenters. The molecule has 122 valence electrons. The Morgan fingerprint density at radius 2 is 2.09 bits per heavy atom. The van der Waals surface area contributed by atoms with Crippen LogP contribution in [-0.2, 0) is 14.3 Å². The van der Waals surface area contributed by atoms with E-state index < -0.39 is 5.97 Å². The maximum atomic E-state index is 11.8. The number of carbonyl (C=O) groups excluding carboxylic acids is 2. The summed E-state index contributed by atoms with van der Waals surface area (Å²) >= 11 is 9.34. The summed E-state index contributed by atoms with van der Waals surface area (Å²) in [5.41, 5.74) is 0. The fraction of sp³-hybridized carbons (Fsp3) is 0.467. The first-order chi connectivity index (χ1) is 10.4. The number of hydrogen-bond donors (Lipinski definition) is 0. The molecule has 0 atom stereocenters. The van der Waals surface area contributed by atoms with Crippen LogP contribution in [0.25, 0.3) is 0 Å².